The normalized spacial score (nSPS) is 19.7. The molecule has 6 heteroatoms. The monoisotopic (exact) mass is 373 g/mol. The molecular weight excluding hydrogens is 354 g/mol. The van der Waals surface area contributed by atoms with Gasteiger partial charge in [0.1, 0.15) is 0 Å². The molecule has 0 radical (unpaired) electrons. The molecule has 140 valence electrons. The Kier molecular flexibility index (Phi) is 3.62. The zero-order chi connectivity index (χ0) is 19.4. The first-order chi connectivity index (χ1) is 13.5. The highest BCUT2D eigenvalue weighted by Gasteiger charge is 2.47. The second-order valence-electron chi connectivity index (χ2n) is 7.49. The number of amides is 1. The molecule has 1 aromatic heterocycles. The van der Waals surface area contributed by atoms with Crippen LogP contribution in [0.2, 0.25) is 0 Å². The van der Waals surface area contributed by atoms with E-state index in [2.05, 4.69) is 9.97 Å². The number of hydrogen-bond acceptors (Lipinski definition) is 4. The summed E-state index contributed by atoms with van der Waals surface area (Å²) >= 11 is 0. The third-order valence-electron chi connectivity index (χ3n) is 5.50. The molecule has 0 spiro atoms. The minimum Gasteiger partial charge on any atom is -0.503 e. The fourth-order valence-electron chi connectivity index (χ4n) is 3.83. The molecular formula is C22H19N3O3. The number of aromatic amines is 1. The number of rotatable bonds is 4. The lowest BCUT2D eigenvalue weighted by atomic mass is 9.93. The molecule has 1 saturated carbocycles. The number of anilines is 1. The summed E-state index contributed by atoms with van der Waals surface area (Å²) < 4.78 is 0. The number of nitrogens with one attached hydrogen (secondary N) is 1. The van der Waals surface area contributed by atoms with Crippen LogP contribution < -0.4 is 4.90 Å². The van der Waals surface area contributed by atoms with Gasteiger partial charge in [0.05, 0.1) is 29.0 Å². The molecule has 1 atom stereocenters. The van der Waals surface area contributed by atoms with Gasteiger partial charge in [-0.25, -0.2) is 4.98 Å². The first-order valence-corrected chi connectivity index (χ1v) is 9.35. The molecule has 6 nitrogen and oxygen atoms in total. The van der Waals surface area contributed by atoms with Gasteiger partial charge in [0.2, 0.25) is 0 Å². The van der Waals surface area contributed by atoms with E-state index in [1.165, 1.54) is 4.90 Å². The van der Waals surface area contributed by atoms with Crippen LogP contribution in [0.3, 0.4) is 0 Å². The molecule has 2 aliphatic rings. The number of nitrogens with zero attached hydrogens (tertiary/aromatic N) is 2. The predicted molar refractivity (Wildman–Crippen MR) is 105 cm³/mol. The number of aryl methyl sites for hydroxylation is 1. The van der Waals surface area contributed by atoms with Crippen molar-refractivity contribution < 1.29 is 14.7 Å². The van der Waals surface area contributed by atoms with Crippen molar-refractivity contribution in [2.45, 2.75) is 25.8 Å². The number of carbonyl (C=O) groups excluding carboxylic acids is 2. The van der Waals surface area contributed by atoms with Gasteiger partial charge in [0.25, 0.3) is 5.91 Å². The van der Waals surface area contributed by atoms with E-state index in [1.54, 1.807) is 12.4 Å². The minimum absolute atomic E-state index is 0.0899. The van der Waals surface area contributed by atoms with Gasteiger partial charge in [-0.1, -0.05) is 29.8 Å². The maximum Gasteiger partial charge on any atom is 0.294 e. The molecule has 1 amide bonds. The number of benzene rings is 2. The third kappa shape index (κ3) is 2.52. The Hall–Kier alpha value is -3.41. The van der Waals surface area contributed by atoms with Crippen LogP contribution in [0.15, 0.2) is 60.1 Å². The number of aromatic nitrogens is 2. The van der Waals surface area contributed by atoms with Gasteiger partial charge < -0.3 is 10.1 Å². The molecule has 1 aliphatic heterocycles. The van der Waals surface area contributed by atoms with E-state index in [1.807, 2.05) is 43.3 Å². The molecule has 5 rings (SSSR count). The van der Waals surface area contributed by atoms with Crippen molar-refractivity contribution in [3.8, 4) is 0 Å². The van der Waals surface area contributed by atoms with Crippen LogP contribution in [-0.4, -0.2) is 26.8 Å². The Morgan fingerprint density at radius 2 is 1.93 bits per heavy atom. The van der Waals surface area contributed by atoms with Gasteiger partial charge in [0.15, 0.2) is 11.5 Å². The highest BCUT2D eigenvalue weighted by molar-refractivity contribution is 6.17. The van der Waals surface area contributed by atoms with Gasteiger partial charge in [-0.3, -0.25) is 14.5 Å². The maximum absolute atomic E-state index is 13.0. The van der Waals surface area contributed by atoms with E-state index in [4.69, 9.17) is 0 Å². The third-order valence-corrected chi connectivity index (χ3v) is 5.50. The van der Waals surface area contributed by atoms with Crippen molar-refractivity contribution in [1.82, 2.24) is 9.97 Å². The summed E-state index contributed by atoms with van der Waals surface area (Å²) in [4.78, 5) is 34.7. The van der Waals surface area contributed by atoms with Gasteiger partial charge in [-0.2, -0.15) is 0 Å². The highest BCUT2D eigenvalue weighted by atomic mass is 16.3. The minimum atomic E-state index is -0.637. The van der Waals surface area contributed by atoms with E-state index < -0.39 is 17.7 Å². The first-order valence-electron chi connectivity index (χ1n) is 9.35. The number of aliphatic hydroxyl groups excluding tert-OH is 1. The molecule has 3 aromatic rings. The predicted octanol–water partition coefficient (Wildman–Crippen LogP) is 3.75. The second kappa shape index (κ2) is 6.05. The van der Waals surface area contributed by atoms with Gasteiger partial charge in [-0.15, -0.1) is 0 Å². The summed E-state index contributed by atoms with van der Waals surface area (Å²) in [6.45, 7) is 1.98. The zero-order valence-corrected chi connectivity index (χ0v) is 15.3. The maximum atomic E-state index is 13.0. The Labute approximate surface area is 161 Å². The molecule has 1 unspecified atom stereocenters. The van der Waals surface area contributed by atoms with Crippen molar-refractivity contribution in [2.75, 3.05) is 4.90 Å². The fourth-order valence-corrected chi connectivity index (χ4v) is 3.83. The first kappa shape index (κ1) is 16.7. The number of Topliss-reactive ketones (excluding diaryl/α,β-unsaturated/α-hetero) is 1. The van der Waals surface area contributed by atoms with Gasteiger partial charge in [0, 0.05) is 11.6 Å². The SMILES string of the molecule is Cc1ccc(C2C(C(=O)C3CC3)=C(O)C(=O)N2c2ccc3nc[nH]c3c2)cc1. The molecule has 28 heavy (non-hydrogen) atoms. The average Bonchev–Trinajstić information content (AvgIpc) is 3.39. The van der Waals surface area contributed by atoms with Crippen LogP contribution >= 0.6 is 0 Å². The molecule has 2 heterocycles. The van der Waals surface area contributed by atoms with Crippen molar-refractivity contribution >= 4 is 28.4 Å². The number of aliphatic hydroxyl groups is 1. The smallest absolute Gasteiger partial charge is 0.294 e. The molecule has 0 bridgehead atoms. The van der Waals surface area contributed by atoms with Crippen LogP contribution in [0.25, 0.3) is 11.0 Å². The van der Waals surface area contributed by atoms with Crippen LogP contribution in [0, 0.1) is 12.8 Å². The summed E-state index contributed by atoms with van der Waals surface area (Å²) in [6, 6.07) is 12.5. The van der Waals surface area contributed by atoms with Crippen LogP contribution in [-0.2, 0) is 9.59 Å². The van der Waals surface area contributed by atoms with E-state index in [-0.39, 0.29) is 17.3 Å². The lowest BCUT2D eigenvalue weighted by Crippen LogP contribution is -2.31. The van der Waals surface area contributed by atoms with E-state index in [9.17, 15) is 14.7 Å². The quantitative estimate of drug-likeness (QED) is 0.729. The Bertz CT molecular complexity index is 1140. The number of ketones is 1. The van der Waals surface area contributed by atoms with Crippen molar-refractivity contribution in [1.29, 1.82) is 0 Å². The topological polar surface area (TPSA) is 86.3 Å². The second-order valence-corrected chi connectivity index (χ2v) is 7.49. The molecule has 2 N–H and O–H groups in total. The average molecular weight is 373 g/mol. The fraction of sp³-hybridized carbons (Fsp3) is 0.227. The Morgan fingerprint density at radius 3 is 2.64 bits per heavy atom. The van der Waals surface area contributed by atoms with E-state index in [0.29, 0.717) is 5.69 Å². The number of H-pyrrole nitrogens is 1. The summed E-state index contributed by atoms with van der Waals surface area (Å²) in [5, 5.41) is 10.6. The number of carbonyl (C=O) groups is 2. The lowest BCUT2D eigenvalue weighted by Gasteiger charge is -2.27. The lowest BCUT2D eigenvalue weighted by molar-refractivity contribution is -0.118. The van der Waals surface area contributed by atoms with Crippen LogP contribution in [0.4, 0.5) is 5.69 Å². The van der Waals surface area contributed by atoms with Crippen LogP contribution in [0.1, 0.15) is 30.0 Å². The largest absolute Gasteiger partial charge is 0.503 e. The van der Waals surface area contributed by atoms with Crippen molar-refractivity contribution in [2.24, 2.45) is 5.92 Å². The molecule has 2 aromatic carbocycles. The zero-order valence-electron chi connectivity index (χ0n) is 15.3. The van der Waals surface area contributed by atoms with E-state index >= 15 is 0 Å². The summed E-state index contributed by atoms with van der Waals surface area (Å²) in [7, 11) is 0. The summed E-state index contributed by atoms with van der Waals surface area (Å²) in [5.41, 5.74) is 4.28. The summed E-state index contributed by atoms with van der Waals surface area (Å²) in [5.74, 6) is -1.20. The Morgan fingerprint density at radius 1 is 1.18 bits per heavy atom. The number of hydrogen-bond donors (Lipinski definition) is 2. The van der Waals surface area contributed by atoms with E-state index in [0.717, 1.165) is 35.0 Å². The molecule has 0 saturated heterocycles. The molecule has 1 fully saturated rings. The van der Waals surface area contributed by atoms with Crippen molar-refractivity contribution in [3.63, 3.8) is 0 Å². The summed E-state index contributed by atoms with van der Waals surface area (Å²) in [6.07, 6.45) is 3.21. The van der Waals surface area contributed by atoms with Gasteiger partial charge in [-0.05, 0) is 43.5 Å². The highest BCUT2D eigenvalue weighted by Crippen LogP contribution is 2.45. The number of imidazole rings is 1. The van der Waals surface area contributed by atoms with Crippen molar-refractivity contribution in [3.05, 3.63) is 71.3 Å². The Balaban J connectivity index is 1.67. The molecule has 1 aliphatic carbocycles. The van der Waals surface area contributed by atoms with Crippen LogP contribution in [0.5, 0.6) is 0 Å². The number of fused-ring (bicyclic) bond motifs is 1. The standard InChI is InChI=1S/C22H19N3O3/c1-12-2-4-13(5-3-12)19-18(20(26)14-6-7-14)21(27)22(28)25(19)15-8-9-16-17(10-15)24-11-23-16/h2-5,8-11,14,19,27H,6-7H2,1H3,(H,23,24). The van der Waals surface area contributed by atoms with Gasteiger partial charge >= 0.3 is 0 Å².